The van der Waals surface area contributed by atoms with Gasteiger partial charge in [-0.15, -0.1) is 23.1 Å². The number of hydrogen-bond donors (Lipinski definition) is 1. The molecule has 2 unspecified atom stereocenters. The summed E-state index contributed by atoms with van der Waals surface area (Å²) < 4.78 is 1.52. The second-order valence-corrected chi connectivity index (χ2v) is 8.69. The van der Waals surface area contributed by atoms with Crippen LogP contribution in [0, 0.1) is 5.92 Å². The Kier molecular flexibility index (Phi) is 5.35. The Labute approximate surface area is 126 Å². The van der Waals surface area contributed by atoms with Gasteiger partial charge in [-0.1, -0.05) is 20.8 Å². The molecule has 0 saturated carbocycles. The van der Waals surface area contributed by atoms with Gasteiger partial charge in [0.05, 0.1) is 4.21 Å². The Bertz CT molecular complexity index is 393. The normalized spacial score (nSPS) is 24.8. The first-order valence-electron chi connectivity index (χ1n) is 7.13. The van der Waals surface area contributed by atoms with E-state index in [1.165, 1.54) is 16.2 Å². The van der Waals surface area contributed by atoms with E-state index in [9.17, 15) is 0 Å². The molecule has 2 nitrogen and oxygen atoms in total. The fourth-order valence-corrected chi connectivity index (χ4v) is 5.39. The summed E-state index contributed by atoms with van der Waals surface area (Å²) in [4.78, 5) is 2.34. The number of thioether (sulfide) groups is 1. The molecule has 0 bridgehead atoms. The smallest absolute Gasteiger partial charge is 0.0649 e. The zero-order valence-electron chi connectivity index (χ0n) is 12.6. The molecule has 3 atom stereocenters. The molecule has 2 rings (SSSR count). The van der Waals surface area contributed by atoms with Crippen LogP contribution in [0.25, 0.3) is 0 Å². The molecule has 0 fully saturated rings. The largest absolute Gasteiger partial charge is 0.308 e. The van der Waals surface area contributed by atoms with Gasteiger partial charge in [-0.3, -0.25) is 0 Å². The van der Waals surface area contributed by atoms with E-state index < -0.39 is 0 Å². The van der Waals surface area contributed by atoms with Crippen LogP contribution in [0.3, 0.4) is 0 Å². The van der Waals surface area contributed by atoms with Gasteiger partial charge in [-0.25, -0.2) is 0 Å². The minimum absolute atomic E-state index is 0.540. The summed E-state index contributed by atoms with van der Waals surface area (Å²) in [6.45, 7) is 8.03. The molecule has 19 heavy (non-hydrogen) atoms. The Morgan fingerprint density at radius 1 is 1.42 bits per heavy atom. The van der Waals surface area contributed by atoms with Crippen LogP contribution in [0.5, 0.6) is 0 Å². The van der Waals surface area contributed by atoms with Crippen molar-refractivity contribution in [1.82, 2.24) is 10.2 Å². The van der Waals surface area contributed by atoms with E-state index in [4.69, 9.17) is 0 Å². The van der Waals surface area contributed by atoms with E-state index in [-0.39, 0.29) is 0 Å². The number of nitrogens with zero attached hydrogens (tertiary/aromatic N) is 1. The highest BCUT2D eigenvalue weighted by atomic mass is 32.2. The lowest BCUT2D eigenvalue weighted by Crippen LogP contribution is -2.43. The van der Waals surface area contributed by atoms with Crippen molar-refractivity contribution in [2.24, 2.45) is 5.92 Å². The highest BCUT2D eigenvalue weighted by Gasteiger charge is 2.27. The van der Waals surface area contributed by atoms with Gasteiger partial charge in [0, 0.05) is 23.9 Å². The van der Waals surface area contributed by atoms with Crippen LogP contribution in [0.2, 0.25) is 0 Å². The van der Waals surface area contributed by atoms with Gasteiger partial charge >= 0.3 is 0 Å². The van der Waals surface area contributed by atoms with Crippen LogP contribution in [0.1, 0.15) is 38.8 Å². The lowest BCUT2D eigenvalue weighted by molar-refractivity contribution is 0.217. The Hall–Kier alpha value is -0.0300. The topological polar surface area (TPSA) is 15.3 Å². The predicted molar refractivity (Wildman–Crippen MR) is 87.3 cm³/mol. The molecule has 0 spiro atoms. The third-order valence-electron chi connectivity index (χ3n) is 3.92. The molecular weight excluding hydrogens is 272 g/mol. The van der Waals surface area contributed by atoms with Gasteiger partial charge in [0.2, 0.25) is 0 Å². The van der Waals surface area contributed by atoms with Crippen molar-refractivity contribution in [2.75, 3.05) is 20.6 Å². The monoisotopic (exact) mass is 298 g/mol. The molecule has 0 radical (unpaired) electrons. The standard InChI is InChI=1S/C15H26N2S2/c1-10(2)14(17(4)5)9-16-13-8-11(3)19-15-12(13)6-7-18-15/h6-7,10-11,13-14,16H,8-9H2,1-5H3/t11-,13?,14?/m0/s1. The van der Waals surface area contributed by atoms with Crippen molar-refractivity contribution in [2.45, 2.75) is 48.7 Å². The minimum Gasteiger partial charge on any atom is -0.308 e. The van der Waals surface area contributed by atoms with Crippen LogP contribution < -0.4 is 5.32 Å². The molecule has 0 aromatic carbocycles. The number of nitrogens with one attached hydrogen (secondary N) is 1. The SMILES string of the molecule is CC(C)C(CNC1C[C@H](C)Sc2sccc21)N(C)C. The zero-order chi connectivity index (χ0) is 14.0. The third-order valence-corrected chi connectivity index (χ3v) is 6.26. The highest BCUT2D eigenvalue weighted by Crippen LogP contribution is 2.43. The average Bonchev–Trinajstić information content (AvgIpc) is 2.75. The van der Waals surface area contributed by atoms with Gasteiger partial charge in [0.1, 0.15) is 0 Å². The summed E-state index contributed by atoms with van der Waals surface area (Å²) >= 11 is 3.93. The maximum atomic E-state index is 3.81. The van der Waals surface area contributed by atoms with Crippen molar-refractivity contribution < 1.29 is 0 Å². The molecule has 1 N–H and O–H groups in total. The van der Waals surface area contributed by atoms with E-state index in [0.29, 0.717) is 18.0 Å². The van der Waals surface area contributed by atoms with Crippen molar-refractivity contribution in [3.63, 3.8) is 0 Å². The van der Waals surface area contributed by atoms with Crippen LogP contribution in [-0.2, 0) is 0 Å². The maximum absolute atomic E-state index is 3.81. The maximum Gasteiger partial charge on any atom is 0.0649 e. The van der Waals surface area contributed by atoms with E-state index in [0.717, 1.165) is 11.8 Å². The number of rotatable bonds is 5. The predicted octanol–water partition coefficient (Wildman–Crippen LogP) is 3.85. The molecule has 4 heteroatoms. The summed E-state index contributed by atoms with van der Waals surface area (Å²) in [6, 6.07) is 3.45. The van der Waals surface area contributed by atoms with Crippen molar-refractivity contribution in [3.05, 3.63) is 17.0 Å². The number of hydrogen-bond acceptors (Lipinski definition) is 4. The van der Waals surface area contributed by atoms with E-state index in [1.807, 2.05) is 23.1 Å². The van der Waals surface area contributed by atoms with Gasteiger partial charge in [0.15, 0.2) is 0 Å². The Morgan fingerprint density at radius 3 is 2.79 bits per heavy atom. The second kappa shape index (κ2) is 6.61. The molecule has 1 aromatic rings. The van der Waals surface area contributed by atoms with Gasteiger partial charge in [-0.2, -0.15) is 0 Å². The average molecular weight is 299 g/mol. The lowest BCUT2D eigenvalue weighted by atomic mass is 10.0. The van der Waals surface area contributed by atoms with Crippen LogP contribution in [0.15, 0.2) is 15.7 Å². The quantitative estimate of drug-likeness (QED) is 0.889. The summed E-state index contributed by atoms with van der Waals surface area (Å²) in [5, 5.41) is 6.76. The van der Waals surface area contributed by atoms with Crippen LogP contribution in [0.4, 0.5) is 0 Å². The molecule has 108 valence electrons. The van der Waals surface area contributed by atoms with Crippen LogP contribution >= 0.6 is 23.1 Å². The molecule has 0 saturated heterocycles. The summed E-state index contributed by atoms with van der Waals surface area (Å²) in [5.74, 6) is 0.680. The first-order valence-corrected chi connectivity index (χ1v) is 8.88. The Balaban J connectivity index is 2.00. The van der Waals surface area contributed by atoms with E-state index in [1.54, 1.807) is 0 Å². The first-order chi connectivity index (χ1) is 8.99. The molecule has 2 heterocycles. The molecule has 1 aliphatic heterocycles. The van der Waals surface area contributed by atoms with Crippen LogP contribution in [-0.4, -0.2) is 36.8 Å². The van der Waals surface area contributed by atoms with Crippen molar-refractivity contribution >= 4 is 23.1 Å². The minimum atomic E-state index is 0.540. The van der Waals surface area contributed by atoms with Gasteiger partial charge < -0.3 is 10.2 Å². The molecular formula is C15H26N2S2. The van der Waals surface area contributed by atoms with E-state index in [2.05, 4.69) is 56.5 Å². The zero-order valence-corrected chi connectivity index (χ0v) is 14.3. The highest BCUT2D eigenvalue weighted by molar-refractivity contribution is 8.01. The lowest BCUT2D eigenvalue weighted by Gasteiger charge is -2.33. The number of likely N-dealkylation sites (N-methyl/N-ethyl adjacent to an activating group) is 1. The molecule has 0 amide bonds. The van der Waals surface area contributed by atoms with Gasteiger partial charge in [0.25, 0.3) is 0 Å². The summed E-state index contributed by atoms with van der Waals surface area (Å²) in [6.07, 6.45) is 1.24. The summed E-state index contributed by atoms with van der Waals surface area (Å²) in [5.41, 5.74) is 1.52. The number of fused-ring (bicyclic) bond motifs is 1. The van der Waals surface area contributed by atoms with E-state index >= 15 is 0 Å². The fraction of sp³-hybridized carbons (Fsp3) is 0.733. The molecule has 1 aromatic heterocycles. The fourth-order valence-electron chi connectivity index (χ4n) is 2.82. The van der Waals surface area contributed by atoms with Gasteiger partial charge in [-0.05, 0) is 43.4 Å². The number of thiophene rings is 1. The molecule has 0 aliphatic carbocycles. The van der Waals surface area contributed by atoms with Crippen molar-refractivity contribution in [3.8, 4) is 0 Å². The third kappa shape index (κ3) is 3.75. The van der Waals surface area contributed by atoms with Crippen molar-refractivity contribution in [1.29, 1.82) is 0 Å². The Morgan fingerprint density at radius 2 is 2.16 bits per heavy atom. The second-order valence-electron chi connectivity index (χ2n) is 6.06. The first kappa shape index (κ1) is 15.4. The molecule has 1 aliphatic rings. The summed E-state index contributed by atoms with van der Waals surface area (Å²) in [7, 11) is 4.36.